The van der Waals surface area contributed by atoms with Crippen molar-refractivity contribution in [3.8, 4) is 0 Å². The Bertz CT molecular complexity index is 362. The van der Waals surface area contributed by atoms with Gasteiger partial charge in [0.15, 0.2) is 0 Å². The van der Waals surface area contributed by atoms with Gasteiger partial charge in [-0.05, 0) is 35.4 Å². The van der Waals surface area contributed by atoms with Crippen molar-refractivity contribution in [2.45, 2.75) is 44.9 Å². The normalized spacial score (nSPS) is 17.3. The summed E-state index contributed by atoms with van der Waals surface area (Å²) in [6, 6.07) is 0. The van der Waals surface area contributed by atoms with Crippen molar-refractivity contribution >= 4 is 34.2 Å². The zero-order chi connectivity index (χ0) is 10.8. The molecule has 1 aromatic rings. The first-order valence-corrected chi connectivity index (χ1v) is 6.89. The molecule has 0 unspecified atom stereocenters. The van der Waals surface area contributed by atoms with Crippen LogP contribution in [0.1, 0.15) is 50.0 Å². The number of rotatable bonds is 2. The van der Waals surface area contributed by atoms with E-state index in [4.69, 9.17) is 11.6 Å². The van der Waals surface area contributed by atoms with Gasteiger partial charge in [0.2, 0.25) is 0 Å². The lowest BCUT2D eigenvalue weighted by Crippen LogP contribution is -2.06. The van der Waals surface area contributed by atoms with Gasteiger partial charge in [-0.1, -0.05) is 31.4 Å². The van der Waals surface area contributed by atoms with Gasteiger partial charge in [-0.25, -0.2) is 9.97 Å². The highest BCUT2D eigenvalue weighted by molar-refractivity contribution is 14.1. The SMILES string of the molecule is CCc1nc(Cl)c(I)c(C2CCCC2)n1. The van der Waals surface area contributed by atoms with Gasteiger partial charge in [0.1, 0.15) is 11.0 Å². The van der Waals surface area contributed by atoms with Crippen molar-refractivity contribution in [1.29, 1.82) is 0 Å². The fraction of sp³-hybridized carbons (Fsp3) is 0.636. The molecule has 1 aliphatic rings. The fourth-order valence-electron chi connectivity index (χ4n) is 2.11. The maximum absolute atomic E-state index is 6.12. The molecule has 0 radical (unpaired) electrons. The summed E-state index contributed by atoms with van der Waals surface area (Å²) in [5.74, 6) is 1.49. The second kappa shape index (κ2) is 4.95. The first kappa shape index (κ1) is 11.6. The summed E-state index contributed by atoms with van der Waals surface area (Å²) in [7, 11) is 0. The van der Waals surface area contributed by atoms with Crippen LogP contribution in [0.25, 0.3) is 0 Å². The van der Waals surface area contributed by atoms with Crippen LogP contribution in [0, 0.1) is 3.57 Å². The second-order valence-electron chi connectivity index (χ2n) is 3.96. The van der Waals surface area contributed by atoms with E-state index < -0.39 is 0 Å². The van der Waals surface area contributed by atoms with Crippen LogP contribution in [0.3, 0.4) is 0 Å². The van der Waals surface area contributed by atoms with Crippen LogP contribution in [0.2, 0.25) is 5.15 Å². The topological polar surface area (TPSA) is 25.8 Å². The number of hydrogen-bond acceptors (Lipinski definition) is 2. The van der Waals surface area contributed by atoms with Crippen LogP contribution in [0.4, 0.5) is 0 Å². The summed E-state index contributed by atoms with van der Waals surface area (Å²) >= 11 is 8.39. The zero-order valence-electron chi connectivity index (χ0n) is 8.76. The van der Waals surface area contributed by atoms with Gasteiger partial charge in [0, 0.05) is 12.3 Å². The Hall–Kier alpha value is 0.1000. The van der Waals surface area contributed by atoms with E-state index in [1.165, 1.54) is 31.4 Å². The van der Waals surface area contributed by atoms with Gasteiger partial charge in [-0.2, -0.15) is 0 Å². The van der Waals surface area contributed by atoms with Crippen molar-refractivity contribution in [3.63, 3.8) is 0 Å². The summed E-state index contributed by atoms with van der Waals surface area (Å²) < 4.78 is 1.05. The number of aryl methyl sites for hydroxylation is 1. The minimum Gasteiger partial charge on any atom is -0.236 e. The van der Waals surface area contributed by atoms with E-state index in [1.807, 2.05) is 0 Å². The van der Waals surface area contributed by atoms with Crippen molar-refractivity contribution in [1.82, 2.24) is 9.97 Å². The second-order valence-corrected chi connectivity index (χ2v) is 5.40. The Balaban J connectivity index is 2.39. The molecule has 82 valence electrons. The highest BCUT2D eigenvalue weighted by Gasteiger charge is 2.22. The van der Waals surface area contributed by atoms with E-state index in [0.29, 0.717) is 11.1 Å². The molecule has 0 spiro atoms. The average molecular weight is 337 g/mol. The molecule has 0 N–H and O–H groups in total. The lowest BCUT2D eigenvalue weighted by atomic mass is 10.0. The molecule has 0 aromatic carbocycles. The highest BCUT2D eigenvalue weighted by Crippen LogP contribution is 2.36. The van der Waals surface area contributed by atoms with Crippen LogP contribution >= 0.6 is 34.2 Å². The molecule has 15 heavy (non-hydrogen) atoms. The van der Waals surface area contributed by atoms with Gasteiger partial charge < -0.3 is 0 Å². The van der Waals surface area contributed by atoms with Gasteiger partial charge >= 0.3 is 0 Å². The minimum absolute atomic E-state index is 0.614. The molecule has 0 amide bonds. The molecular formula is C11H14ClIN2. The minimum atomic E-state index is 0.614. The average Bonchev–Trinajstić information content (AvgIpc) is 2.75. The first-order valence-electron chi connectivity index (χ1n) is 5.44. The summed E-state index contributed by atoms with van der Waals surface area (Å²) in [6.45, 7) is 2.07. The lowest BCUT2D eigenvalue weighted by Gasteiger charge is -2.12. The molecule has 1 aliphatic carbocycles. The smallest absolute Gasteiger partial charge is 0.146 e. The van der Waals surface area contributed by atoms with Crippen LogP contribution in [-0.2, 0) is 6.42 Å². The van der Waals surface area contributed by atoms with E-state index >= 15 is 0 Å². The number of aromatic nitrogens is 2. The Morgan fingerprint density at radius 2 is 2.00 bits per heavy atom. The summed E-state index contributed by atoms with van der Waals surface area (Å²) in [5, 5.41) is 0.629. The Morgan fingerprint density at radius 3 is 2.60 bits per heavy atom. The summed E-state index contributed by atoms with van der Waals surface area (Å²) in [6.07, 6.45) is 6.02. The van der Waals surface area contributed by atoms with Crippen LogP contribution in [0.5, 0.6) is 0 Å². The Morgan fingerprint density at radius 1 is 1.33 bits per heavy atom. The number of halogens is 2. The molecular weight excluding hydrogens is 322 g/mol. The number of nitrogens with zero attached hydrogens (tertiary/aromatic N) is 2. The molecule has 1 saturated carbocycles. The Labute approximate surface area is 109 Å². The van der Waals surface area contributed by atoms with E-state index in [0.717, 1.165) is 15.8 Å². The molecule has 2 rings (SSSR count). The predicted molar refractivity (Wildman–Crippen MR) is 70.3 cm³/mol. The van der Waals surface area contributed by atoms with Gasteiger partial charge in [-0.3, -0.25) is 0 Å². The van der Waals surface area contributed by atoms with Gasteiger partial charge in [0.05, 0.1) is 9.26 Å². The summed E-state index contributed by atoms with van der Waals surface area (Å²) in [5.41, 5.74) is 1.19. The quantitative estimate of drug-likeness (QED) is 0.603. The molecule has 4 heteroatoms. The Kier molecular flexibility index (Phi) is 3.83. The first-order chi connectivity index (χ1) is 7.22. The molecule has 1 aromatic heterocycles. The number of hydrogen-bond donors (Lipinski definition) is 0. The van der Waals surface area contributed by atoms with Crippen molar-refractivity contribution in [2.24, 2.45) is 0 Å². The molecule has 0 atom stereocenters. The van der Waals surface area contributed by atoms with Gasteiger partial charge in [0.25, 0.3) is 0 Å². The molecule has 0 aliphatic heterocycles. The van der Waals surface area contributed by atoms with Crippen LogP contribution in [-0.4, -0.2) is 9.97 Å². The van der Waals surface area contributed by atoms with Crippen LogP contribution in [0.15, 0.2) is 0 Å². The van der Waals surface area contributed by atoms with E-state index in [2.05, 4.69) is 39.5 Å². The fourth-order valence-corrected chi connectivity index (χ4v) is 2.99. The van der Waals surface area contributed by atoms with E-state index in [-0.39, 0.29) is 0 Å². The third-order valence-corrected chi connectivity index (χ3v) is 4.60. The third-order valence-electron chi connectivity index (χ3n) is 2.94. The van der Waals surface area contributed by atoms with Crippen molar-refractivity contribution in [2.75, 3.05) is 0 Å². The highest BCUT2D eigenvalue weighted by atomic mass is 127. The molecule has 2 nitrogen and oxygen atoms in total. The molecule has 0 bridgehead atoms. The van der Waals surface area contributed by atoms with Crippen molar-refractivity contribution in [3.05, 3.63) is 20.2 Å². The largest absolute Gasteiger partial charge is 0.236 e. The zero-order valence-corrected chi connectivity index (χ0v) is 11.7. The maximum Gasteiger partial charge on any atom is 0.146 e. The van der Waals surface area contributed by atoms with Crippen molar-refractivity contribution < 1.29 is 0 Å². The van der Waals surface area contributed by atoms with E-state index in [1.54, 1.807) is 0 Å². The van der Waals surface area contributed by atoms with E-state index in [9.17, 15) is 0 Å². The van der Waals surface area contributed by atoms with Gasteiger partial charge in [-0.15, -0.1) is 0 Å². The predicted octanol–water partition coefficient (Wildman–Crippen LogP) is 3.95. The maximum atomic E-state index is 6.12. The molecule has 1 fully saturated rings. The standard InChI is InChI=1S/C11H14ClIN2/c1-2-8-14-10(7-5-3-4-6-7)9(13)11(12)15-8/h7H,2-6H2,1H3. The third kappa shape index (κ3) is 2.44. The monoisotopic (exact) mass is 336 g/mol. The molecule has 1 heterocycles. The molecule has 0 saturated heterocycles. The van der Waals surface area contributed by atoms with Crippen LogP contribution < -0.4 is 0 Å². The lowest BCUT2D eigenvalue weighted by molar-refractivity contribution is 0.679. The summed E-state index contributed by atoms with van der Waals surface area (Å²) in [4.78, 5) is 8.90.